The minimum Gasteiger partial charge on any atom is -0.369 e. The maximum Gasteiger partial charge on any atom is 0.215 e. The maximum atomic E-state index is 11.3. The molecule has 4 heteroatoms. The van der Waals surface area contributed by atoms with Gasteiger partial charge in [-0.1, -0.05) is 6.92 Å². The number of ketones is 1. The average molecular weight is 212 g/mol. The number of carbonyl (C=O) groups excluding carboxylic acids is 1. The summed E-state index contributed by atoms with van der Waals surface area (Å²) in [5, 5.41) is 0. The highest BCUT2D eigenvalue weighted by atomic mass is 16.7. The summed E-state index contributed by atoms with van der Waals surface area (Å²) in [7, 11) is 0. The molecule has 0 aromatic heterocycles. The molecule has 0 amide bonds. The van der Waals surface area contributed by atoms with Crippen molar-refractivity contribution in [3.8, 4) is 0 Å². The number of rotatable bonds is 3. The second-order valence-corrected chi connectivity index (χ2v) is 3.78. The SMILES string of the molecule is CCCO[C@@]12C=CC(=O)C[C@@H]1OCCO2. The van der Waals surface area contributed by atoms with Crippen LogP contribution in [0.5, 0.6) is 0 Å². The Labute approximate surface area is 89.2 Å². The Morgan fingerprint density at radius 2 is 2.47 bits per heavy atom. The Morgan fingerprint density at radius 3 is 3.27 bits per heavy atom. The maximum absolute atomic E-state index is 11.3. The molecule has 2 atom stereocenters. The first kappa shape index (κ1) is 10.8. The molecule has 2 aliphatic rings. The van der Waals surface area contributed by atoms with Crippen molar-refractivity contribution in [2.24, 2.45) is 0 Å². The molecule has 0 bridgehead atoms. The van der Waals surface area contributed by atoms with Gasteiger partial charge >= 0.3 is 0 Å². The number of fused-ring (bicyclic) bond motifs is 1. The number of ether oxygens (including phenoxy) is 3. The molecule has 0 N–H and O–H groups in total. The smallest absolute Gasteiger partial charge is 0.215 e. The van der Waals surface area contributed by atoms with E-state index in [1.165, 1.54) is 6.08 Å². The lowest BCUT2D eigenvalue weighted by Crippen LogP contribution is -2.54. The first-order valence-electron chi connectivity index (χ1n) is 5.38. The minimum atomic E-state index is -0.817. The zero-order chi connectivity index (χ0) is 10.7. The highest BCUT2D eigenvalue weighted by molar-refractivity contribution is 5.91. The van der Waals surface area contributed by atoms with Gasteiger partial charge in [0.15, 0.2) is 5.78 Å². The second kappa shape index (κ2) is 4.43. The Hall–Kier alpha value is -0.710. The average Bonchev–Trinajstić information content (AvgIpc) is 2.27. The minimum absolute atomic E-state index is 0.0706. The predicted octanol–water partition coefficient (Wildman–Crippen LogP) is 1.05. The van der Waals surface area contributed by atoms with Crippen LogP contribution in [-0.4, -0.2) is 37.5 Å². The number of hydrogen-bond acceptors (Lipinski definition) is 4. The molecular formula is C11H16O4. The van der Waals surface area contributed by atoms with Crippen LogP contribution in [0, 0.1) is 0 Å². The molecule has 0 saturated carbocycles. The van der Waals surface area contributed by atoms with Gasteiger partial charge in [-0.2, -0.15) is 0 Å². The van der Waals surface area contributed by atoms with Gasteiger partial charge in [-0.3, -0.25) is 4.79 Å². The third-order valence-corrected chi connectivity index (χ3v) is 2.60. The summed E-state index contributed by atoms with van der Waals surface area (Å²) in [5.74, 6) is -0.747. The highest BCUT2D eigenvalue weighted by Gasteiger charge is 2.45. The largest absolute Gasteiger partial charge is 0.369 e. The summed E-state index contributed by atoms with van der Waals surface area (Å²) in [6.07, 6.45) is 4.20. The van der Waals surface area contributed by atoms with E-state index in [4.69, 9.17) is 14.2 Å². The highest BCUT2D eigenvalue weighted by Crippen LogP contribution is 2.32. The summed E-state index contributed by atoms with van der Waals surface area (Å²) in [4.78, 5) is 11.3. The van der Waals surface area contributed by atoms with Crippen LogP contribution in [0.15, 0.2) is 12.2 Å². The standard InChI is InChI=1S/C11H16O4/c1-2-5-14-11-4-3-9(12)8-10(11)13-6-7-15-11/h3-4,10H,2,5-8H2,1H3/t10-,11+/m0/s1. The van der Waals surface area contributed by atoms with Gasteiger partial charge in [0.2, 0.25) is 5.79 Å². The summed E-state index contributed by atoms with van der Waals surface area (Å²) in [5.41, 5.74) is 0. The van der Waals surface area contributed by atoms with E-state index in [1.807, 2.05) is 6.92 Å². The molecule has 0 spiro atoms. The molecule has 1 aliphatic heterocycles. The third-order valence-electron chi connectivity index (χ3n) is 2.60. The fourth-order valence-electron chi connectivity index (χ4n) is 1.86. The number of hydrogen-bond donors (Lipinski definition) is 0. The first-order valence-corrected chi connectivity index (χ1v) is 5.38. The lowest BCUT2D eigenvalue weighted by atomic mass is 9.96. The van der Waals surface area contributed by atoms with E-state index in [2.05, 4.69) is 0 Å². The zero-order valence-electron chi connectivity index (χ0n) is 8.90. The third kappa shape index (κ3) is 2.12. The van der Waals surface area contributed by atoms with Gasteiger partial charge in [0.1, 0.15) is 6.10 Å². The van der Waals surface area contributed by atoms with Crippen molar-refractivity contribution in [3.05, 3.63) is 12.2 Å². The molecule has 0 aromatic carbocycles. The second-order valence-electron chi connectivity index (χ2n) is 3.78. The predicted molar refractivity (Wildman–Crippen MR) is 53.4 cm³/mol. The molecule has 2 rings (SSSR count). The fraction of sp³-hybridized carbons (Fsp3) is 0.727. The molecule has 1 heterocycles. The van der Waals surface area contributed by atoms with Crippen molar-refractivity contribution in [2.75, 3.05) is 19.8 Å². The van der Waals surface area contributed by atoms with Crippen molar-refractivity contribution < 1.29 is 19.0 Å². The zero-order valence-corrected chi connectivity index (χ0v) is 8.90. The normalized spacial score (nSPS) is 35.3. The van der Waals surface area contributed by atoms with E-state index in [9.17, 15) is 4.79 Å². The van der Waals surface area contributed by atoms with Crippen LogP contribution in [0.3, 0.4) is 0 Å². The van der Waals surface area contributed by atoms with Crippen LogP contribution in [0.1, 0.15) is 19.8 Å². The molecule has 0 radical (unpaired) electrons. The van der Waals surface area contributed by atoms with Crippen molar-refractivity contribution in [1.29, 1.82) is 0 Å². The Morgan fingerprint density at radius 1 is 1.60 bits per heavy atom. The van der Waals surface area contributed by atoms with E-state index in [1.54, 1.807) is 6.08 Å². The van der Waals surface area contributed by atoms with Gasteiger partial charge in [0.05, 0.1) is 19.8 Å². The first-order chi connectivity index (χ1) is 7.27. The topological polar surface area (TPSA) is 44.8 Å². The molecule has 84 valence electrons. The van der Waals surface area contributed by atoms with E-state index in [-0.39, 0.29) is 11.9 Å². The van der Waals surface area contributed by atoms with Gasteiger partial charge < -0.3 is 14.2 Å². The summed E-state index contributed by atoms with van der Waals surface area (Å²) in [6.45, 7) is 3.69. The lowest BCUT2D eigenvalue weighted by molar-refractivity contribution is -0.299. The summed E-state index contributed by atoms with van der Waals surface area (Å²) in [6, 6.07) is 0. The van der Waals surface area contributed by atoms with Crippen LogP contribution >= 0.6 is 0 Å². The van der Waals surface area contributed by atoms with Crippen LogP contribution in [0.2, 0.25) is 0 Å². The van der Waals surface area contributed by atoms with Gasteiger partial charge in [-0.15, -0.1) is 0 Å². The summed E-state index contributed by atoms with van der Waals surface area (Å²) >= 11 is 0. The Balaban J connectivity index is 2.14. The van der Waals surface area contributed by atoms with Crippen molar-refractivity contribution >= 4 is 5.78 Å². The van der Waals surface area contributed by atoms with Crippen molar-refractivity contribution in [2.45, 2.75) is 31.7 Å². The number of allylic oxidation sites excluding steroid dienone is 1. The Bertz CT molecular complexity index is 274. The molecule has 0 aromatic rings. The fourth-order valence-corrected chi connectivity index (χ4v) is 1.86. The van der Waals surface area contributed by atoms with Crippen LogP contribution < -0.4 is 0 Å². The molecule has 4 nitrogen and oxygen atoms in total. The van der Waals surface area contributed by atoms with E-state index < -0.39 is 5.79 Å². The van der Waals surface area contributed by atoms with Gasteiger partial charge in [0.25, 0.3) is 0 Å². The monoisotopic (exact) mass is 212 g/mol. The molecule has 1 aliphatic carbocycles. The molecule has 1 saturated heterocycles. The van der Waals surface area contributed by atoms with E-state index in [0.29, 0.717) is 26.2 Å². The van der Waals surface area contributed by atoms with Crippen LogP contribution in [0.25, 0.3) is 0 Å². The lowest BCUT2D eigenvalue weighted by Gasteiger charge is -2.42. The number of carbonyl (C=O) groups is 1. The van der Waals surface area contributed by atoms with Gasteiger partial charge in [-0.05, 0) is 18.6 Å². The van der Waals surface area contributed by atoms with Crippen LogP contribution in [0.4, 0.5) is 0 Å². The quantitative estimate of drug-likeness (QED) is 0.701. The van der Waals surface area contributed by atoms with E-state index >= 15 is 0 Å². The van der Waals surface area contributed by atoms with E-state index in [0.717, 1.165) is 6.42 Å². The van der Waals surface area contributed by atoms with Crippen molar-refractivity contribution in [1.82, 2.24) is 0 Å². The molecular weight excluding hydrogens is 196 g/mol. The van der Waals surface area contributed by atoms with Crippen molar-refractivity contribution in [3.63, 3.8) is 0 Å². The molecule has 1 fully saturated rings. The molecule has 0 unspecified atom stereocenters. The summed E-state index contributed by atoms with van der Waals surface area (Å²) < 4.78 is 16.9. The van der Waals surface area contributed by atoms with Gasteiger partial charge in [0, 0.05) is 6.42 Å². The van der Waals surface area contributed by atoms with Gasteiger partial charge in [-0.25, -0.2) is 0 Å². The Kier molecular flexibility index (Phi) is 3.19. The molecule has 15 heavy (non-hydrogen) atoms. The van der Waals surface area contributed by atoms with Crippen LogP contribution in [-0.2, 0) is 19.0 Å².